The molecule has 1 atom stereocenters. The van der Waals surface area contributed by atoms with Crippen molar-refractivity contribution in [2.45, 2.75) is 32.4 Å². The van der Waals surface area contributed by atoms with Gasteiger partial charge in [0.15, 0.2) is 11.6 Å². The highest BCUT2D eigenvalue weighted by Gasteiger charge is 2.15. The molecule has 0 bridgehead atoms. The molecule has 1 heterocycles. The molecule has 1 aliphatic heterocycles. The molecule has 1 unspecified atom stereocenters. The fraction of sp³-hybridized carbons (Fsp3) is 0.571. The summed E-state index contributed by atoms with van der Waals surface area (Å²) in [5.74, 6) is -1.53. The second-order valence-corrected chi connectivity index (χ2v) is 4.87. The van der Waals surface area contributed by atoms with Gasteiger partial charge in [0.1, 0.15) is 0 Å². The largest absolute Gasteiger partial charge is 0.313 e. The summed E-state index contributed by atoms with van der Waals surface area (Å²) in [6.45, 7) is 5.79. The van der Waals surface area contributed by atoms with Crippen LogP contribution < -0.4 is 5.32 Å². The van der Waals surface area contributed by atoms with Crippen molar-refractivity contribution in [3.8, 4) is 0 Å². The Bertz CT molecular complexity index is 395. The Morgan fingerprint density at radius 1 is 1.28 bits per heavy atom. The summed E-state index contributed by atoms with van der Waals surface area (Å²) in [6.07, 6.45) is 2.25. The Hall–Kier alpha value is -1.00. The van der Waals surface area contributed by atoms with E-state index in [4.69, 9.17) is 0 Å². The molecular formula is C14H20F2N2. The lowest BCUT2D eigenvalue weighted by Gasteiger charge is -2.19. The van der Waals surface area contributed by atoms with Gasteiger partial charge in [-0.15, -0.1) is 0 Å². The van der Waals surface area contributed by atoms with Crippen molar-refractivity contribution in [3.63, 3.8) is 0 Å². The third-order valence-corrected chi connectivity index (χ3v) is 3.54. The Morgan fingerprint density at radius 2 is 2.11 bits per heavy atom. The van der Waals surface area contributed by atoms with Gasteiger partial charge in [-0.05, 0) is 30.5 Å². The summed E-state index contributed by atoms with van der Waals surface area (Å²) in [6, 6.07) is 4.74. The first kappa shape index (κ1) is 13.4. The summed E-state index contributed by atoms with van der Waals surface area (Å²) in [4.78, 5) is 2.29. The molecule has 1 aliphatic rings. The molecule has 100 valence electrons. The number of rotatable bonds is 3. The second kappa shape index (κ2) is 6.25. The zero-order valence-electron chi connectivity index (χ0n) is 10.8. The van der Waals surface area contributed by atoms with Crippen LogP contribution in [0.2, 0.25) is 0 Å². The highest BCUT2D eigenvalue weighted by atomic mass is 19.2. The zero-order chi connectivity index (χ0) is 13.0. The lowest BCUT2D eigenvalue weighted by molar-refractivity contribution is 0.281. The van der Waals surface area contributed by atoms with Gasteiger partial charge in [-0.1, -0.05) is 13.0 Å². The molecule has 2 rings (SSSR count). The summed E-state index contributed by atoms with van der Waals surface area (Å²) in [5.41, 5.74) is 0.837. The summed E-state index contributed by atoms with van der Waals surface area (Å²) in [7, 11) is 0. The van der Waals surface area contributed by atoms with E-state index in [-0.39, 0.29) is 0 Å². The Morgan fingerprint density at radius 3 is 2.83 bits per heavy atom. The van der Waals surface area contributed by atoms with Crippen LogP contribution in [-0.2, 0) is 6.54 Å². The average molecular weight is 254 g/mol. The Balaban J connectivity index is 1.94. The maximum atomic E-state index is 13.1. The maximum absolute atomic E-state index is 13.1. The predicted molar refractivity (Wildman–Crippen MR) is 68.3 cm³/mol. The minimum absolute atomic E-state index is 0.583. The van der Waals surface area contributed by atoms with Gasteiger partial charge in [-0.2, -0.15) is 0 Å². The fourth-order valence-corrected chi connectivity index (χ4v) is 2.38. The molecule has 18 heavy (non-hydrogen) atoms. The van der Waals surface area contributed by atoms with Gasteiger partial charge in [0.2, 0.25) is 0 Å². The van der Waals surface area contributed by atoms with Crippen molar-refractivity contribution >= 4 is 0 Å². The van der Waals surface area contributed by atoms with E-state index in [0.717, 1.165) is 38.0 Å². The molecule has 2 nitrogen and oxygen atoms in total. The van der Waals surface area contributed by atoms with Crippen molar-refractivity contribution in [2.75, 3.05) is 19.6 Å². The first-order valence-corrected chi connectivity index (χ1v) is 6.58. The van der Waals surface area contributed by atoms with Crippen molar-refractivity contribution in [1.82, 2.24) is 10.2 Å². The van der Waals surface area contributed by atoms with E-state index < -0.39 is 11.6 Å². The molecule has 1 saturated heterocycles. The van der Waals surface area contributed by atoms with E-state index in [2.05, 4.69) is 17.1 Å². The van der Waals surface area contributed by atoms with Gasteiger partial charge in [0, 0.05) is 32.2 Å². The molecule has 4 heteroatoms. The summed E-state index contributed by atoms with van der Waals surface area (Å²) in [5, 5.41) is 3.49. The van der Waals surface area contributed by atoms with Crippen LogP contribution in [0.3, 0.4) is 0 Å². The minimum atomic E-state index is -0.776. The van der Waals surface area contributed by atoms with Gasteiger partial charge in [-0.3, -0.25) is 4.90 Å². The molecule has 0 radical (unpaired) electrons. The molecule has 0 aliphatic carbocycles. The normalized spacial score (nSPS) is 21.8. The fourth-order valence-electron chi connectivity index (χ4n) is 2.38. The van der Waals surface area contributed by atoms with Crippen molar-refractivity contribution in [2.24, 2.45) is 0 Å². The highest BCUT2D eigenvalue weighted by Crippen LogP contribution is 2.13. The van der Waals surface area contributed by atoms with Crippen LogP contribution in [0.15, 0.2) is 18.2 Å². The first-order chi connectivity index (χ1) is 8.69. The standard InChI is InChI=1S/C14H20F2N2/c1-2-12-5-7-18(8-6-17-12)10-11-3-4-13(15)14(16)9-11/h3-4,9,12,17H,2,5-8,10H2,1H3. The van der Waals surface area contributed by atoms with Crippen molar-refractivity contribution in [1.29, 1.82) is 0 Å². The van der Waals surface area contributed by atoms with Gasteiger partial charge < -0.3 is 5.32 Å². The number of hydrogen-bond donors (Lipinski definition) is 1. The van der Waals surface area contributed by atoms with E-state index in [9.17, 15) is 8.78 Å². The van der Waals surface area contributed by atoms with Gasteiger partial charge in [0.25, 0.3) is 0 Å². The quantitative estimate of drug-likeness (QED) is 0.891. The predicted octanol–water partition coefficient (Wildman–Crippen LogP) is 2.54. The number of nitrogens with zero attached hydrogens (tertiary/aromatic N) is 1. The van der Waals surface area contributed by atoms with Gasteiger partial charge in [0.05, 0.1) is 0 Å². The van der Waals surface area contributed by atoms with Crippen molar-refractivity contribution < 1.29 is 8.78 Å². The molecule has 0 amide bonds. The molecule has 1 N–H and O–H groups in total. The molecule has 0 saturated carbocycles. The molecule has 1 aromatic carbocycles. The number of benzene rings is 1. The third-order valence-electron chi connectivity index (χ3n) is 3.54. The molecule has 0 spiro atoms. The second-order valence-electron chi connectivity index (χ2n) is 4.87. The number of hydrogen-bond acceptors (Lipinski definition) is 2. The van der Waals surface area contributed by atoms with E-state index >= 15 is 0 Å². The molecule has 1 aromatic rings. The van der Waals surface area contributed by atoms with Crippen LogP contribution in [0.4, 0.5) is 8.78 Å². The van der Waals surface area contributed by atoms with Crippen molar-refractivity contribution in [3.05, 3.63) is 35.4 Å². The van der Waals surface area contributed by atoms with E-state index in [1.807, 2.05) is 0 Å². The van der Waals surface area contributed by atoms with E-state index in [1.165, 1.54) is 12.1 Å². The average Bonchev–Trinajstić information content (AvgIpc) is 2.59. The first-order valence-electron chi connectivity index (χ1n) is 6.58. The monoisotopic (exact) mass is 254 g/mol. The smallest absolute Gasteiger partial charge is 0.159 e. The Labute approximate surface area is 107 Å². The topological polar surface area (TPSA) is 15.3 Å². The SMILES string of the molecule is CCC1CCN(Cc2ccc(F)c(F)c2)CCN1. The van der Waals surface area contributed by atoms with E-state index in [1.54, 1.807) is 6.07 Å². The molecular weight excluding hydrogens is 234 g/mol. The lowest BCUT2D eigenvalue weighted by Crippen LogP contribution is -2.29. The summed E-state index contributed by atoms with van der Waals surface area (Å²) < 4.78 is 26.0. The maximum Gasteiger partial charge on any atom is 0.159 e. The molecule has 0 aromatic heterocycles. The zero-order valence-corrected chi connectivity index (χ0v) is 10.8. The van der Waals surface area contributed by atoms with Crippen LogP contribution in [0.1, 0.15) is 25.3 Å². The lowest BCUT2D eigenvalue weighted by atomic mass is 10.1. The van der Waals surface area contributed by atoms with Crippen LogP contribution in [0, 0.1) is 11.6 Å². The number of nitrogens with one attached hydrogen (secondary N) is 1. The third kappa shape index (κ3) is 3.50. The minimum Gasteiger partial charge on any atom is -0.313 e. The van der Waals surface area contributed by atoms with Crippen LogP contribution in [0.25, 0.3) is 0 Å². The van der Waals surface area contributed by atoms with Crippen LogP contribution in [-0.4, -0.2) is 30.6 Å². The van der Waals surface area contributed by atoms with Crippen LogP contribution >= 0.6 is 0 Å². The summed E-state index contributed by atoms with van der Waals surface area (Å²) >= 11 is 0. The van der Waals surface area contributed by atoms with Gasteiger partial charge >= 0.3 is 0 Å². The highest BCUT2D eigenvalue weighted by molar-refractivity contribution is 5.17. The van der Waals surface area contributed by atoms with E-state index in [0.29, 0.717) is 12.6 Å². The number of halogens is 2. The Kier molecular flexibility index (Phi) is 4.66. The molecule has 1 fully saturated rings. The van der Waals surface area contributed by atoms with Crippen LogP contribution in [0.5, 0.6) is 0 Å². The van der Waals surface area contributed by atoms with Gasteiger partial charge in [-0.25, -0.2) is 8.78 Å².